The van der Waals surface area contributed by atoms with Gasteiger partial charge in [-0.25, -0.2) is 0 Å². The first-order valence-electron chi connectivity index (χ1n) is 11.3. The lowest BCUT2D eigenvalue weighted by atomic mass is 9.66. The maximum Gasteiger partial charge on any atom is 0.241 e. The van der Waals surface area contributed by atoms with Crippen LogP contribution in [0.2, 0.25) is 0 Å². The molecular weight excluding hydrogens is 438 g/mol. The van der Waals surface area contributed by atoms with E-state index in [4.69, 9.17) is 0 Å². The van der Waals surface area contributed by atoms with Gasteiger partial charge in [0.15, 0.2) is 0 Å². The molecular formula is C30H27NO2S. The zero-order valence-electron chi connectivity index (χ0n) is 19.1. The third kappa shape index (κ3) is 4.97. The van der Waals surface area contributed by atoms with E-state index in [-0.39, 0.29) is 11.8 Å². The van der Waals surface area contributed by atoms with E-state index in [0.29, 0.717) is 5.75 Å². The molecule has 0 aliphatic heterocycles. The Morgan fingerprint density at radius 3 is 1.44 bits per heavy atom. The van der Waals surface area contributed by atoms with Gasteiger partial charge in [-0.2, -0.15) is 0 Å². The van der Waals surface area contributed by atoms with Gasteiger partial charge in [0.2, 0.25) is 11.8 Å². The Bertz CT molecular complexity index is 1120. The summed E-state index contributed by atoms with van der Waals surface area (Å²) in [5, 5.41) is 1.99. The Labute approximate surface area is 205 Å². The summed E-state index contributed by atoms with van der Waals surface area (Å²) in [6, 6.07) is 40.4. The van der Waals surface area contributed by atoms with E-state index in [1.807, 2.05) is 72.8 Å². The monoisotopic (exact) mass is 465 g/mol. The summed E-state index contributed by atoms with van der Waals surface area (Å²) in [6.45, 7) is 1.38. The third-order valence-electron chi connectivity index (χ3n) is 5.88. The Morgan fingerprint density at radius 1 is 0.676 bits per heavy atom. The lowest BCUT2D eigenvalue weighted by Crippen LogP contribution is -2.50. The van der Waals surface area contributed by atoms with Crippen molar-refractivity contribution in [2.75, 3.05) is 0 Å². The summed E-state index contributed by atoms with van der Waals surface area (Å²) in [5.41, 5.74) is 3.30. The second-order valence-electron chi connectivity index (χ2n) is 8.13. The van der Waals surface area contributed by atoms with Gasteiger partial charge in [-0.15, -0.1) is 11.8 Å². The lowest BCUT2D eigenvalue weighted by Gasteiger charge is -2.41. The lowest BCUT2D eigenvalue weighted by molar-refractivity contribution is -0.129. The van der Waals surface area contributed by atoms with Gasteiger partial charge in [-0.3, -0.25) is 14.9 Å². The molecule has 0 aliphatic rings. The minimum absolute atomic E-state index is 0.301. The topological polar surface area (TPSA) is 46.2 Å². The van der Waals surface area contributed by atoms with E-state index < -0.39 is 10.7 Å². The predicted octanol–water partition coefficient (Wildman–Crippen LogP) is 5.99. The molecule has 0 spiro atoms. The third-order valence-corrected chi connectivity index (χ3v) is 7.28. The smallest absolute Gasteiger partial charge is 0.241 e. The van der Waals surface area contributed by atoms with Gasteiger partial charge in [-0.1, -0.05) is 121 Å². The van der Waals surface area contributed by atoms with Crippen LogP contribution in [-0.4, -0.2) is 17.1 Å². The number of imide groups is 1. The molecule has 0 radical (unpaired) electrons. The first kappa shape index (κ1) is 23.5. The number of hydrogen-bond donors (Lipinski definition) is 1. The molecule has 4 aromatic rings. The highest BCUT2D eigenvalue weighted by Crippen LogP contribution is 2.47. The molecule has 1 unspecified atom stereocenters. The molecule has 1 atom stereocenters. The molecule has 4 aromatic carbocycles. The van der Waals surface area contributed by atoms with Gasteiger partial charge < -0.3 is 0 Å². The standard InChI is InChI=1S/C30H27NO2S/c1-23(32)31-29(33)28(34-22-24-14-6-2-7-15-24)30(25-16-8-3-9-17-25,26-18-10-4-11-19-26)27-20-12-5-13-21-27/h2-21,28H,22H2,1H3,(H,31,32,33). The van der Waals surface area contributed by atoms with E-state index in [0.717, 1.165) is 22.3 Å². The zero-order chi connectivity index (χ0) is 23.8. The molecule has 3 nitrogen and oxygen atoms in total. The van der Waals surface area contributed by atoms with Crippen molar-refractivity contribution in [1.82, 2.24) is 5.32 Å². The maximum atomic E-state index is 13.8. The molecule has 0 heterocycles. The summed E-state index contributed by atoms with van der Waals surface area (Å²) < 4.78 is 0. The number of nitrogens with one attached hydrogen (secondary N) is 1. The largest absolute Gasteiger partial charge is 0.296 e. The van der Waals surface area contributed by atoms with Crippen molar-refractivity contribution in [3.63, 3.8) is 0 Å². The van der Waals surface area contributed by atoms with Gasteiger partial charge in [-0.05, 0) is 22.3 Å². The van der Waals surface area contributed by atoms with Gasteiger partial charge in [0.25, 0.3) is 0 Å². The maximum absolute atomic E-state index is 13.8. The highest BCUT2D eigenvalue weighted by atomic mass is 32.2. The number of benzene rings is 4. The van der Waals surface area contributed by atoms with Crippen molar-refractivity contribution in [3.05, 3.63) is 144 Å². The van der Waals surface area contributed by atoms with Crippen molar-refractivity contribution in [2.24, 2.45) is 0 Å². The van der Waals surface area contributed by atoms with Crippen LogP contribution in [-0.2, 0) is 20.8 Å². The van der Waals surface area contributed by atoms with E-state index in [1.54, 1.807) is 11.8 Å². The highest BCUT2D eigenvalue weighted by Gasteiger charge is 2.47. The molecule has 0 aliphatic carbocycles. The molecule has 0 aromatic heterocycles. The fourth-order valence-electron chi connectivity index (χ4n) is 4.45. The van der Waals surface area contributed by atoms with Crippen LogP contribution >= 0.6 is 11.8 Å². The number of carbonyl (C=O) groups excluding carboxylic acids is 2. The molecule has 0 bridgehead atoms. The fourth-order valence-corrected chi connectivity index (χ4v) is 5.87. The Kier molecular flexibility index (Phi) is 7.61. The van der Waals surface area contributed by atoms with Gasteiger partial charge in [0.05, 0.1) is 5.41 Å². The summed E-state index contributed by atoms with van der Waals surface area (Å²) in [5.74, 6) is -0.0335. The van der Waals surface area contributed by atoms with Crippen molar-refractivity contribution in [3.8, 4) is 0 Å². The van der Waals surface area contributed by atoms with Crippen LogP contribution in [0.15, 0.2) is 121 Å². The van der Waals surface area contributed by atoms with Crippen LogP contribution in [0, 0.1) is 0 Å². The summed E-state index contributed by atoms with van der Waals surface area (Å²) in [6.07, 6.45) is 0. The first-order chi connectivity index (χ1) is 16.6. The van der Waals surface area contributed by atoms with Crippen LogP contribution < -0.4 is 5.32 Å². The summed E-state index contributed by atoms with van der Waals surface area (Å²) in [7, 11) is 0. The van der Waals surface area contributed by atoms with E-state index in [9.17, 15) is 9.59 Å². The Morgan fingerprint density at radius 2 is 1.06 bits per heavy atom. The van der Waals surface area contributed by atoms with Crippen molar-refractivity contribution >= 4 is 23.6 Å². The van der Waals surface area contributed by atoms with E-state index >= 15 is 0 Å². The molecule has 0 saturated heterocycles. The number of rotatable bonds is 8. The fraction of sp³-hybridized carbons (Fsp3) is 0.133. The molecule has 1 N–H and O–H groups in total. The van der Waals surface area contributed by atoms with Crippen molar-refractivity contribution in [2.45, 2.75) is 23.3 Å². The van der Waals surface area contributed by atoms with Crippen molar-refractivity contribution < 1.29 is 9.59 Å². The normalized spacial score (nSPS) is 12.0. The average Bonchev–Trinajstić information content (AvgIpc) is 2.88. The highest BCUT2D eigenvalue weighted by molar-refractivity contribution is 8.00. The van der Waals surface area contributed by atoms with Gasteiger partial charge in [0.1, 0.15) is 5.25 Å². The molecule has 170 valence electrons. The predicted molar refractivity (Wildman–Crippen MR) is 140 cm³/mol. The molecule has 4 heteroatoms. The van der Waals surface area contributed by atoms with Crippen LogP contribution in [0.4, 0.5) is 0 Å². The molecule has 2 amide bonds. The number of amides is 2. The Hall–Kier alpha value is -3.63. The number of carbonyl (C=O) groups is 2. The molecule has 34 heavy (non-hydrogen) atoms. The quantitative estimate of drug-likeness (QED) is 0.325. The van der Waals surface area contributed by atoms with Crippen LogP contribution in [0.1, 0.15) is 29.2 Å². The summed E-state index contributed by atoms with van der Waals surface area (Å²) >= 11 is 1.55. The van der Waals surface area contributed by atoms with Gasteiger partial charge in [0, 0.05) is 12.7 Å². The Balaban J connectivity index is 1.97. The first-order valence-corrected chi connectivity index (χ1v) is 12.3. The van der Waals surface area contributed by atoms with E-state index in [1.165, 1.54) is 6.92 Å². The minimum atomic E-state index is -0.817. The molecule has 0 saturated carbocycles. The second-order valence-corrected chi connectivity index (χ2v) is 9.22. The van der Waals surface area contributed by atoms with Gasteiger partial charge >= 0.3 is 0 Å². The molecule has 4 rings (SSSR count). The van der Waals surface area contributed by atoms with Crippen LogP contribution in [0.5, 0.6) is 0 Å². The second kappa shape index (κ2) is 11.0. The SMILES string of the molecule is CC(=O)NC(=O)C(SCc1ccccc1)C(c1ccccc1)(c1ccccc1)c1ccccc1. The minimum Gasteiger partial charge on any atom is -0.296 e. The zero-order valence-corrected chi connectivity index (χ0v) is 19.9. The van der Waals surface area contributed by atoms with Crippen molar-refractivity contribution in [1.29, 1.82) is 0 Å². The summed E-state index contributed by atoms with van der Waals surface area (Å²) in [4.78, 5) is 25.8. The molecule has 0 fully saturated rings. The average molecular weight is 466 g/mol. The van der Waals surface area contributed by atoms with Crippen LogP contribution in [0.3, 0.4) is 0 Å². The van der Waals surface area contributed by atoms with E-state index in [2.05, 4.69) is 53.8 Å². The number of thioether (sulfide) groups is 1. The number of hydrogen-bond acceptors (Lipinski definition) is 3. The van der Waals surface area contributed by atoms with Crippen LogP contribution in [0.25, 0.3) is 0 Å².